The molecule has 2 aromatic rings. The lowest BCUT2D eigenvalue weighted by Gasteiger charge is -2.50. The number of imide groups is 2. The highest BCUT2D eigenvalue weighted by Crippen LogP contribution is 2.65. The van der Waals surface area contributed by atoms with Crippen LogP contribution in [-0.2, 0) is 25.7 Å². The maximum atomic E-state index is 13.9. The Hall–Kier alpha value is -2.63. The molecule has 6 rings (SSSR count). The number of carbonyl (C=O) groups is 4. The highest BCUT2D eigenvalue weighted by atomic mass is 127. The van der Waals surface area contributed by atoms with Gasteiger partial charge in [-0.2, -0.15) is 0 Å². The van der Waals surface area contributed by atoms with Crippen molar-refractivity contribution in [1.82, 2.24) is 9.80 Å². The van der Waals surface area contributed by atoms with Gasteiger partial charge in [-0.3, -0.25) is 29.0 Å². The fourth-order valence-electron chi connectivity index (χ4n) is 7.02. The molecule has 0 unspecified atom stereocenters. The van der Waals surface area contributed by atoms with E-state index in [1.165, 1.54) is 19.1 Å². The number of alkyl halides is 2. The Labute approximate surface area is 254 Å². The fourth-order valence-corrected chi connectivity index (χ4v) is 8.67. The number of allylic oxidation sites excluding steroid dienone is 2. The lowest BCUT2D eigenvalue weighted by molar-refractivity contribution is -0.141. The first-order chi connectivity index (χ1) is 19.0. The molecule has 3 fully saturated rings. The summed E-state index contributed by atoms with van der Waals surface area (Å²) in [7, 11) is 2.76. The number of halogens is 3. The summed E-state index contributed by atoms with van der Waals surface area (Å²) < 4.78 is 5.84. The van der Waals surface area contributed by atoms with E-state index in [-0.39, 0.29) is 42.7 Å². The van der Waals surface area contributed by atoms with Crippen LogP contribution in [0.2, 0.25) is 0 Å². The molecule has 0 aromatic heterocycles. The summed E-state index contributed by atoms with van der Waals surface area (Å²) in [5.41, 5.74) is 2.04. The molecule has 2 aliphatic heterocycles. The molecule has 2 heterocycles. The lowest BCUT2D eigenvalue weighted by Crippen LogP contribution is -2.60. The van der Waals surface area contributed by atoms with Gasteiger partial charge < -0.3 is 9.84 Å². The molecule has 4 amide bonds. The molecular weight excluding hydrogens is 670 g/mol. The molecular formula is C29H25Cl2IN2O6. The minimum Gasteiger partial charge on any atom is -0.504 e. The van der Waals surface area contributed by atoms with Crippen LogP contribution in [0.4, 0.5) is 0 Å². The molecule has 0 spiro atoms. The average molecular weight is 695 g/mol. The van der Waals surface area contributed by atoms with Crippen LogP contribution in [0.1, 0.15) is 29.9 Å². The third-order valence-electron chi connectivity index (χ3n) is 8.89. The summed E-state index contributed by atoms with van der Waals surface area (Å²) in [6.45, 7) is 0.149. The van der Waals surface area contributed by atoms with Crippen LogP contribution >= 0.6 is 45.8 Å². The number of hydrogen-bond donors (Lipinski definition) is 1. The van der Waals surface area contributed by atoms with Crippen LogP contribution in [0.3, 0.4) is 0 Å². The van der Waals surface area contributed by atoms with Gasteiger partial charge in [0.1, 0.15) is 0 Å². The Morgan fingerprint density at radius 1 is 1.05 bits per heavy atom. The molecule has 2 aliphatic carbocycles. The fraction of sp³-hybridized carbons (Fsp3) is 0.379. The molecule has 0 bridgehead atoms. The summed E-state index contributed by atoms with van der Waals surface area (Å²) in [5, 5.41) is 10.5. The number of methoxy groups -OCH3 is 1. The van der Waals surface area contributed by atoms with Gasteiger partial charge in [0.25, 0.3) is 11.8 Å². The molecule has 0 radical (unpaired) electrons. The SMILES string of the molecule is COc1cc([C@H]2C3=CC[C@@H]4C(=O)N(Cc5ccccc5)C(=O)[C@@H]4[C@@H]3C[C@@]3(Cl)C(=O)N(C)C(=O)[C@@]23Cl)cc(I)c1O. The smallest absolute Gasteiger partial charge is 0.253 e. The molecule has 8 nitrogen and oxygen atoms in total. The highest BCUT2D eigenvalue weighted by molar-refractivity contribution is 14.1. The van der Waals surface area contributed by atoms with Crippen molar-refractivity contribution in [2.24, 2.45) is 17.8 Å². The van der Waals surface area contributed by atoms with Crippen LogP contribution < -0.4 is 4.74 Å². The summed E-state index contributed by atoms with van der Waals surface area (Å²) in [4.78, 5) is 53.2. The third kappa shape index (κ3) is 3.56. The second-order valence-electron chi connectivity index (χ2n) is 10.8. The zero-order valence-corrected chi connectivity index (χ0v) is 25.2. The maximum Gasteiger partial charge on any atom is 0.253 e. The van der Waals surface area contributed by atoms with Gasteiger partial charge in [-0.05, 0) is 64.6 Å². The molecule has 208 valence electrons. The summed E-state index contributed by atoms with van der Waals surface area (Å²) in [5.74, 6) is -4.63. The molecule has 11 heteroatoms. The Balaban J connectivity index is 1.50. The number of rotatable bonds is 4. The van der Waals surface area contributed by atoms with Crippen LogP contribution in [0.25, 0.3) is 0 Å². The monoisotopic (exact) mass is 694 g/mol. The van der Waals surface area contributed by atoms with Crippen molar-refractivity contribution in [3.63, 3.8) is 0 Å². The number of ether oxygens (including phenoxy) is 1. The quantitative estimate of drug-likeness (QED) is 0.223. The van der Waals surface area contributed by atoms with Gasteiger partial charge in [0.2, 0.25) is 11.8 Å². The molecule has 4 aliphatic rings. The first-order valence-corrected chi connectivity index (χ1v) is 14.6. The van der Waals surface area contributed by atoms with Gasteiger partial charge in [-0.15, -0.1) is 23.2 Å². The number of carbonyl (C=O) groups excluding carboxylic acids is 4. The van der Waals surface area contributed by atoms with Crippen LogP contribution in [0.5, 0.6) is 11.5 Å². The highest BCUT2D eigenvalue weighted by Gasteiger charge is 2.75. The first-order valence-electron chi connectivity index (χ1n) is 12.8. The Kier molecular flexibility index (Phi) is 6.51. The van der Waals surface area contributed by atoms with Crippen molar-refractivity contribution < 1.29 is 29.0 Å². The number of fused-ring (bicyclic) bond motifs is 4. The van der Waals surface area contributed by atoms with E-state index in [0.717, 1.165) is 10.5 Å². The number of benzene rings is 2. The predicted octanol–water partition coefficient (Wildman–Crippen LogP) is 4.19. The van der Waals surface area contributed by atoms with Crippen molar-refractivity contribution in [3.8, 4) is 11.5 Å². The van der Waals surface area contributed by atoms with Crippen LogP contribution in [0, 0.1) is 21.3 Å². The zero-order chi connectivity index (χ0) is 28.7. The van der Waals surface area contributed by atoms with E-state index in [2.05, 4.69) is 0 Å². The van der Waals surface area contributed by atoms with E-state index >= 15 is 0 Å². The minimum atomic E-state index is -1.89. The van der Waals surface area contributed by atoms with Crippen molar-refractivity contribution in [2.45, 2.75) is 35.1 Å². The Morgan fingerprint density at radius 2 is 1.75 bits per heavy atom. The maximum absolute atomic E-state index is 13.9. The van der Waals surface area contributed by atoms with E-state index in [0.29, 0.717) is 14.7 Å². The van der Waals surface area contributed by atoms with E-state index < -0.39 is 45.2 Å². The number of phenols is 1. The predicted molar refractivity (Wildman–Crippen MR) is 155 cm³/mol. The number of nitrogens with zero attached hydrogens (tertiary/aromatic N) is 2. The standard InChI is InChI=1S/C29H25Cl2IN2O6/c1-33-26(38)28(30)12-18-16(22(29(28,31)27(33)39)15-10-19(32)23(35)20(11-15)40-2)8-9-17-21(18)25(37)34(24(17)36)13-14-6-4-3-5-7-14/h3-8,10-11,17-18,21-22,35H,9,12-13H2,1-2H3/t17-,18+,21-,22-,28+,29-/m0/s1. The average Bonchev–Trinajstić information content (AvgIpc) is 3.25. The minimum absolute atomic E-state index is 0.0685. The van der Waals surface area contributed by atoms with Gasteiger partial charge in [0, 0.05) is 13.0 Å². The lowest BCUT2D eigenvalue weighted by atomic mass is 9.56. The largest absolute Gasteiger partial charge is 0.504 e. The number of hydrogen-bond acceptors (Lipinski definition) is 6. The van der Waals surface area contributed by atoms with Gasteiger partial charge >= 0.3 is 0 Å². The number of phenolic OH excluding ortho intramolecular Hbond substituents is 1. The van der Waals surface area contributed by atoms with Gasteiger partial charge in [0.15, 0.2) is 21.2 Å². The summed E-state index contributed by atoms with van der Waals surface area (Å²) in [6.07, 6.45) is 2.10. The Morgan fingerprint density at radius 3 is 2.42 bits per heavy atom. The number of likely N-dealkylation sites (tertiary alicyclic amines) is 2. The Bertz CT molecular complexity index is 1520. The van der Waals surface area contributed by atoms with E-state index in [1.807, 2.05) is 59.0 Å². The molecule has 6 atom stereocenters. The summed E-state index contributed by atoms with van der Waals surface area (Å²) >= 11 is 16.3. The second kappa shape index (κ2) is 9.46. The molecule has 2 aromatic carbocycles. The molecule has 40 heavy (non-hydrogen) atoms. The van der Waals surface area contributed by atoms with Crippen molar-refractivity contribution in [2.75, 3.05) is 14.2 Å². The van der Waals surface area contributed by atoms with Gasteiger partial charge in [-0.1, -0.05) is 42.0 Å². The van der Waals surface area contributed by atoms with Crippen molar-refractivity contribution in [3.05, 3.63) is 68.8 Å². The van der Waals surface area contributed by atoms with Crippen LogP contribution in [-0.4, -0.2) is 62.4 Å². The number of amides is 4. The summed E-state index contributed by atoms with van der Waals surface area (Å²) in [6, 6.07) is 12.5. The van der Waals surface area contributed by atoms with Crippen LogP contribution in [0.15, 0.2) is 54.1 Å². The third-order valence-corrected chi connectivity index (χ3v) is 11.1. The normalized spacial score (nSPS) is 33.1. The van der Waals surface area contributed by atoms with Gasteiger partial charge in [0.05, 0.1) is 29.1 Å². The topological polar surface area (TPSA) is 104 Å². The molecule has 2 saturated heterocycles. The first kappa shape index (κ1) is 27.5. The van der Waals surface area contributed by atoms with E-state index in [1.54, 1.807) is 12.1 Å². The molecule has 1 saturated carbocycles. The van der Waals surface area contributed by atoms with Crippen molar-refractivity contribution >= 4 is 69.4 Å². The zero-order valence-electron chi connectivity index (χ0n) is 21.6. The number of aromatic hydroxyl groups is 1. The van der Waals surface area contributed by atoms with Gasteiger partial charge in [-0.25, -0.2) is 0 Å². The molecule has 1 N–H and O–H groups in total. The second-order valence-corrected chi connectivity index (χ2v) is 13.2. The van der Waals surface area contributed by atoms with Crippen molar-refractivity contribution in [1.29, 1.82) is 0 Å². The van der Waals surface area contributed by atoms with E-state index in [9.17, 15) is 24.3 Å². The van der Waals surface area contributed by atoms with E-state index in [4.69, 9.17) is 27.9 Å².